The number of hydrogen-bond acceptors (Lipinski definition) is 5. The van der Waals surface area contributed by atoms with E-state index in [1.165, 1.54) is 53.2 Å². The summed E-state index contributed by atoms with van der Waals surface area (Å²) in [5.41, 5.74) is 7.91. The average molecular weight is 555 g/mol. The standard InChI is InChI=1S/C37H22N4S/c1-3-10-23(11-4-1)25-18-19-31-35-27(25)15-9-16-28(35)29-20-30-26-14-7-8-17-33(26)42-34(30)21-32(29)41(31)37-39-22-38-36(40-37)24-12-5-2-6-13-24/h1-22H. The Morgan fingerprint density at radius 1 is 0.500 bits per heavy atom. The maximum Gasteiger partial charge on any atom is 0.238 e. The molecule has 0 radical (unpaired) electrons. The maximum absolute atomic E-state index is 5.04. The normalized spacial score (nSPS) is 12.2. The summed E-state index contributed by atoms with van der Waals surface area (Å²) >= 11 is 1.83. The molecule has 0 bridgehead atoms. The summed E-state index contributed by atoms with van der Waals surface area (Å²) in [7, 11) is 0. The summed E-state index contributed by atoms with van der Waals surface area (Å²) in [6.07, 6.45) is 1.62. The van der Waals surface area contributed by atoms with Crippen LogP contribution in [-0.4, -0.2) is 15.0 Å². The first-order valence-electron chi connectivity index (χ1n) is 13.9. The van der Waals surface area contributed by atoms with Crippen LogP contribution in [0.3, 0.4) is 0 Å². The molecule has 5 heteroatoms. The van der Waals surface area contributed by atoms with Crippen molar-refractivity contribution in [1.29, 1.82) is 0 Å². The summed E-state index contributed by atoms with van der Waals surface area (Å²) in [6, 6.07) is 45.2. The van der Waals surface area contributed by atoms with Gasteiger partial charge in [-0.05, 0) is 46.3 Å². The van der Waals surface area contributed by atoms with Crippen molar-refractivity contribution < 1.29 is 0 Å². The van der Waals surface area contributed by atoms with Crippen LogP contribution in [0.25, 0.3) is 64.6 Å². The van der Waals surface area contributed by atoms with Gasteiger partial charge in [0.2, 0.25) is 5.95 Å². The minimum atomic E-state index is 0.605. The molecule has 0 aliphatic carbocycles. The van der Waals surface area contributed by atoms with Crippen LogP contribution in [0.4, 0.5) is 17.3 Å². The number of rotatable bonds is 3. The topological polar surface area (TPSA) is 41.9 Å². The summed E-state index contributed by atoms with van der Waals surface area (Å²) in [5.74, 6) is 1.26. The van der Waals surface area contributed by atoms with Crippen molar-refractivity contribution in [2.24, 2.45) is 0 Å². The van der Waals surface area contributed by atoms with Gasteiger partial charge in [0.25, 0.3) is 0 Å². The summed E-state index contributed by atoms with van der Waals surface area (Å²) in [5, 5.41) is 4.97. The van der Waals surface area contributed by atoms with E-state index in [4.69, 9.17) is 9.97 Å². The monoisotopic (exact) mass is 554 g/mol. The molecule has 0 N–H and O–H groups in total. The Kier molecular flexibility index (Phi) is 5.03. The molecule has 0 saturated carbocycles. The highest BCUT2D eigenvalue weighted by Gasteiger charge is 2.30. The molecule has 196 valence electrons. The molecule has 0 fully saturated rings. The fourth-order valence-electron chi connectivity index (χ4n) is 6.30. The summed E-state index contributed by atoms with van der Waals surface area (Å²) in [6.45, 7) is 0. The molecule has 8 aromatic rings. The Hall–Kier alpha value is -5.39. The first kappa shape index (κ1) is 23.3. The maximum atomic E-state index is 5.04. The van der Waals surface area contributed by atoms with Gasteiger partial charge in [-0.2, -0.15) is 4.98 Å². The quantitative estimate of drug-likeness (QED) is 0.218. The SMILES string of the molecule is c1ccc(-c2ncnc(N3c4cc5sc6ccccc6c5cc4-c4cccc5c(-c6ccccc6)ccc3c45)n2)cc1. The van der Waals surface area contributed by atoms with Gasteiger partial charge in [-0.15, -0.1) is 11.3 Å². The first-order valence-corrected chi connectivity index (χ1v) is 14.8. The van der Waals surface area contributed by atoms with Crippen molar-refractivity contribution in [1.82, 2.24) is 15.0 Å². The number of fused-ring (bicyclic) bond motifs is 5. The molecule has 9 rings (SSSR count). The zero-order valence-corrected chi connectivity index (χ0v) is 23.2. The molecule has 4 nitrogen and oxygen atoms in total. The van der Waals surface area contributed by atoms with E-state index in [0.29, 0.717) is 11.8 Å². The van der Waals surface area contributed by atoms with E-state index in [1.54, 1.807) is 6.33 Å². The summed E-state index contributed by atoms with van der Waals surface area (Å²) < 4.78 is 2.53. The highest BCUT2D eigenvalue weighted by molar-refractivity contribution is 7.25. The third-order valence-electron chi connectivity index (χ3n) is 8.16. The lowest BCUT2D eigenvalue weighted by molar-refractivity contribution is 1.02. The molecule has 1 aliphatic heterocycles. The average Bonchev–Trinajstić information content (AvgIpc) is 3.43. The number of thiophene rings is 1. The van der Waals surface area contributed by atoms with Crippen LogP contribution in [-0.2, 0) is 0 Å². The predicted molar refractivity (Wildman–Crippen MR) is 175 cm³/mol. The van der Waals surface area contributed by atoms with Gasteiger partial charge in [0.05, 0.1) is 11.4 Å². The van der Waals surface area contributed by atoms with Gasteiger partial charge in [0.15, 0.2) is 5.82 Å². The van der Waals surface area contributed by atoms with E-state index in [-0.39, 0.29) is 0 Å². The van der Waals surface area contributed by atoms with Crippen molar-refractivity contribution in [2.45, 2.75) is 0 Å². The van der Waals surface area contributed by atoms with E-state index in [2.05, 4.69) is 107 Å². The lowest BCUT2D eigenvalue weighted by Crippen LogP contribution is -2.18. The molecule has 6 aromatic carbocycles. The zero-order valence-electron chi connectivity index (χ0n) is 22.4. The molecule has 0 spiro atoms. The van der Waals surface area contributed by atoms with Crippen molar-refractivity contribution in [3.05, 3.63) is 134 Å². The minimum absolute atomic E-state index is 0.605. The number of hydrogen-bond donors (Lipinski definition) is 0. The fourth-order valence-corrected chi connectivity index (χ4v) is 7.42. The van der Waals surface area contributed by atoms with Gasteiger partial charge < -0.3 is 0 Å². The Morgan fingerprint density at radius 2 is 1.26 bits per heavy atom. The van der Waals surface area contributed by atoms with E-state index >= 15 is 0 Å². The largest absolute Gasteiger partial charge is 0.278 e. The number of aromatic nitrogens is 3. The second kappa shape index (κ2) is 9.06. The van der Waals surface area contributed by atoms with Gasteiger partial charge in [-0.1, -0.05) is 103 Å². The van der Waals surface area contributed by atoms with Crippen LogP contribution in [0.15, 0.2) is 134 Å². The van der Waals surface area contributed by atoms with Crippen molar-refractivity contribution >= 4 is 59.6 Å². The second-order valence-electron chi connectivity index (χ2n) is 10.5. The lowest BCUT2D eigenvalue weighted by Gasteiger charge is -2.32. The predicted octanol–water partition coefficient (Wildman–Crippen LogP) is 10.2. The Labute approximate surface area is 246 Å². The Morgan fingerprint density at radius 3 is 2.12 bits per heavy atom. The molecular weight excluding hydrogens is 533 g/mol. The van der Waals surface area contributed by atoms with Crippen LogP contribution in [0.2, 0.25) is 0 Å². The van der Waals surface area contributed by atoms with Crippen LogP contribution in [0.1, 0.15) is 0 Å². The van der Waals surface area contributed by atoms with Gasteiger partial charge in [-0.3, -0.25) is 4.90 Å². The zero-order chi connectivity index (χ0) is 27.6. The van der Waals surface area contributed by atoms with Crippen molar-refractivity contribution in [3.63, 3.8) is 0 Å². The van der Waals surface area contributed by atoms with E-state index in [1.807, 2.05) is 41.7 Å². The number of nitrogens with zero attached hydrogens (tertiary/aromatic N) is 4. The smallest absolute Gasteiger partial charge is 0.238 e. The van der Waals surface area contributed by atoms with Crippen molar-refractivity contribution in [2.75, 3.05) is 4.90 Å². The van der Waals surface area contributed by atoms with Gasteiger partial charge >= 0.3 is 0 Å². The molecule has 2 aromatic heterocycles. The van der Waals surface area contributed by atoms with Gasteiger partial charge in [0.1, 0.15) is 6.33 Å². The highest BCUT2D eigenvalue weighted by Crippen LogP contribution is 2.53. The van der Waals surface area contributed by atoms with E-state index < -0.39 is 0 Å². The van der Waals surface area contributed by atoms with Gasteiger partial charge in [-0.25, -0.2) is 9.97 Å². The van der Waals surface area contributed by atoms with Crippen LogP contribution < -0.4 is 4.90 Å². The molecular formula is C37H22N4S. The second-order valence-corrected chi connectivity index (χ2v) is 11.6. The Bertz CT molecular complexity index is 2310. The Balaban J connectivity index is 1.38. The highest BCUT2D eigenvalue weighted by atomic mass is 32.1. The molecule has 1 aliphatic rings. The lowest BCUT2D eigenvalue weighted by atomic mass is 9.87. The third kappa shape index (κ3) is 3.44. The van der Waals surface area contributed by atoms with Crippen LogP contribution in [0, 0.1) is 0 Å². The molecule has 42 heavy (non-hydrogen) atoms. The molecule has 0 amide bonds. The van der Waals surface area contributed by atoms with E-state index in [0.717, 1.165) is 16.9 Å². The fraction of sp³-hybridized carbons (Fsp3) is 0. The van der Waals surface area contributed by atoms with Crippen LogP contribution in [0.5, 0.6) is 0 Å². The third-order valence-corrected chi connectivity index (χ3v) is 9.30. The number of anilines is 3. The molecule has 3 heterocycles. The number of benzene rings is 6. The van der Waals surface area contributed by atoms with Gasteiger partial charge in [0, 0.05) is 36.7 Å². The molecule has 0 saturated heterocycles. The van der Waals surface area contributed by atoms with Crippen molar-refractivity contribution in [3.8, 4) is 33.6 Å². The molecule has 0 unspecified atom stereocenters. The first-order chi connectivity index (χ1) is 20.8. The summed E-state index contributed by atoms with van der Waals surface area (Å²) in [4.78, 5) is 16.6. The van der Waals surface area contributed by atoms with Crippen LogP contribution >= 0.6 is 11.3 Å². The minimum Gasteiger partial charge on any atom is -0.278 e. The molecule has 0 atom stereocenters. The van der Waals surface area contributed by atoms with E-state index in [9.17, 15) is 0 Å².